The van der Waals surface area contributed by atoms with Crippen molar-refractivity contribution < 1.29 is 14.1 Å². The number of carbonyl (C=O) groups is 1. The summed E-state index contributed by atoms with van der Waals surface area (Å²) in [6, 6.07) is 4.01. The van der Waals surface area contributed by atoms with Crippen LogP contribution in [0.15, 0.2) is 29.0 Å². The third kappa shape index (κ3) is 4.34. The number of hydrogen-bond acceptors (Lipinski definition) is 6. The molecule has 1 N–H and O–H groups in total. The SMILES string of the molecule is Cc1c(Br)c([N+](=O)[O-])nn1CC(=O)Nc1ncn(Cc2ccc(F)cc2Cl)n1. The molecule has 2 heterocycles. The quantitative estimate of drug-likeness (QED) is 0.435. The molecule has 0 aliphatic heterocycles. The summed E-state index contributed by atoms with van der Waals surface area (Å²) < 4.78 is 15.9. The Labute approximate surface area is 170 Å². The molecule has 0 fully saturated rings. The highest BCUT2D eigenvalue weighted by Gasteiger charge is 2.24. The van der Waals surface area contributed by atoms with Crippen molar-refractivity contribution in [1.29, 1.82) is 0 Å². The van der Waals surface area contributed by atoms with Crippen LogP contribution in [0.5, 0.6) is 0 Å². The minimum atomic E-state index is -0.644. The molecule has 28 heavy (non-hydrogen) atoms. The predicted molar refractivity (Wildman–Crippen MR) is 100 cm³/mol. The summed E-state index contributed by atoms with van der Waals surface area (Å²) >= 11 is 9.06. The molecule has 2 aromatic heterocycles. The summed E-state index contributed by atoms with van der Waals surface area (Å²) in [5.41, 5.74) is 1.07. The minimum Gasteiger partial charge on any atom is -0.358 e. The van der Waals surface area contributed by atoms with E-state index in [-0.39, 0.29) is 34.4 Å². The van der Waals surface area contributed by atoms with Gasteiger partial charge >= 0.3 is 5.82 Å². The summed E-state index contributed by atoms with van der Waals surface area (Å²) in [5.74, 6) is -1.28. The molecule has 0 aliphatic rings. The van der Waals surface area contributed by atoms with Crippen molar-refractivity contribution >= 4 is 45.2 Å². The van der Waals surface area contributed by atoms with Gasteiger partial charge in [0.2, 0.25) is 5.95 Å². The van der Waals surface area contributed by atoms with E-state index in [0.717, 1.165) is 0 Å². The zero-order valence-corrected chi connectivity index (χ0v) is 16.6. The highest BCUT2D eigenvalue weighted by molar-refractivity contribution is 9.10. The Kier molecular flexibility index (Phi) is 5.70. The van der Waals surface area contributed by atoms with Gasteiger partial charge in [0.25, 0.3) is 5.91 Å². The Morgan fingerprint density at radius 3 is 2.82 bits per heavy atom. The molecule has 146 valence electrons. The van der Waals surface area contributed by atoms with Crippen molar-refractivity contribution in [3.63, 3.8) is 0 Å². The first-order chi connectivity index (χ1) is 13.2. The number of hydrogen-bond donors (Lipinski definition) is 1. The van der Waals surface area contributed by atoms with E-state index in [9.17, 15) is 19.3 Å². The molecule has 1 amide bonds. The van der Waals surface area contributed by atoms with Gasteiger partial charge in [-0.25, -0.2) is 14.1 Å². The molecule has 0 saturated carbocycles. The van der Waals surface area contributed by atoms with Crippen LogP contribution in [0.25, 0.3) is 0 Å². The summed E-state index contributed by atoms with van der Waals surface area (Å²) in [4.78, 5) is 26.4. The topological polar surface area (TPSA) is 121 Å². The monoisotopic (exact) mass is 471 g/mol. The van der Waals surface area contributed by atoms with Crippen LogP contribution < -0.4 is 5.32 Å². The third-order valence-electron chi connectivity index (χ3n) is 3.72. The summed E-state index contributed by atoms with van der Waals surface area (Å²) in [6.07, 6.45) is 1.38. The van der Waals surface area contributed by atoms with Gasteiger partial charge in [-0.3, -0.25) is 10.1 Å². The van der Waals surface area contributed by atoms with Crippen molar-refractivity contribution in [1.82, 2.24) is 24.5 Å². The van der Waals surface area contributed by atoms with Gasteiger partial charge in [0.1, 0.15) is 23.2 Å². The van der Waals surface area contributed by atoms with Crippen molar-refractivity contribution in [3.05, 3.63) is 61.2 Å². The number of anilines is 1. The molecule has 0 atom stereocenters. The van der Waals surface area contributed by atoms with E-state index < -0.39 is 16.6 Å². The van der Waals surface area contributed by atoms with E-state index in [1.807, 2.05) is 0 Å². The maximum Gasteiger partial charge on any atom is 0.404 e. The fraction of sp³-hybridized carbons (Fsp3) is 0.200. The normalized spacial score (nSPS) is 10.9. The minimum absolute atomic E-state index is 0.0432. The van der Waals surface area contributed by atoms with Crippen molar-refractivity contribution in [3.8, 4) is 0 Å². The zero-order valence-electron chi connectivity index (χ0n) is 14.3. The summed E-state index contributed by atoms with van der Waals surface area (Å²) in [5, 5.41) is 21.5. The van der Waals surface area contributed by atoms with E-state index in [1.54, 1.807) is 6.92 Å². The lowest BCUT2D eigenvalue weighted by molar-refractivity contribution is -0.390. The highest BCUT2D eigenvalue weighted by atomic mass is 79.9. The predicted octanol–water partition coefficient (Wildman–Crippen LogP) is 2.93. The second-order valence-electron chi connectivity index (χ2n) is 5.69. The number of amides is 1. The lowest BCUT2D eigenvalue weighted by Gasteiger charge is -2.04. The molecule has 3 aromatic rings. The number of rotatable bonds is 6. The Hall–Kier alpha value is -2.86. The van der Waals surface area contributed by atoms with Crippen LogP contribution in [0.4, 0.5) is 16.2 Å². The molecule has 0 saturated heterocycles. The van der Waals surface area contributed by atoms with Gasteiger partial charge in [0, 0.05) is 5.02 Å². The fourth-order valence-electron chi connectivity index (χ4n) is 2.33. The van der Waals surface area contributed by atoms with Crippen LogP contribution in [-0.4, -0.2) is 35.4 Å². The van der Waals surface area contributed by atoms with E-state index >= 15 is 0 Å². The Morgan fingerprint density at radius 2 is 2.18 bits per heavy atom. The van der Waals surface area contributed by atoms with Gasteiger partial charge < -0.3 is 10.1 Å². The Bertz CT molecular complexity index is 1070. The van der Waals surface area contributed by atoms with Gasteiger partial charge in [-0.2, -0.15) is 4.68 Å². The average molecular weight is 473 g/mol. The van der Waals surface area contributed by atoms with Gasteiger partial charge in [0.15, 0.2) is 0 Å². The van der Waals surface area contributed by atoms with E-state index in [2.05, 4.69) is 36.4 Å². The van der Waals surface area contributed by atoms with Gasteiger partial charge in [-0.05, 0) is 45.5 Å². The molecular formula is C15H12BrClFN7O3. The first kappa shape index (κ1) is 19.9. The highest BCUT2D eigenvalue weighted by Crippen LogP contribution is 2.26. The number of nitrogens with one attached hydrogen (secondary N) is 1. The second-order valence-corrected chi connectivity index (χ2v) is 6.89. The van der Waals surface area contributed by atoms with Crippen LogP contribution in [0.2, 0.25) is 5.02 Å². The van der Waals surface area contributed by atoms with E-state index in [0.29, 0.717) is 11.3 Å². The van der Waals surface area contributed by atoms with Gasteiger partial charge in [-0.1, -0.05) is 17.7 Å². The number of nitro groups is 1. The largest absolute Gasteiger partial charge is 0.404 e. The van der Waals surface area contributed by atoms with Crippen LogP contribution in [0.3, 0.4) is 0 Å². The van der Waals surface area contributed by atoms with Crippen LogP contribution in [-0.2, 0) is 17.9 Å². The number of carbonyl (C=O) groups excluding carboxylic acids is 1. The number of benzene rings is 1. The standard InChI is InChI=1S/C15H12BrClFN7O3/c1-8-13(16)14(25(27)28)21-24(8)6-12(26)20-15-19-7-23(22-15)5-9-2-3-10(18)4-11(9)17/h2-4,7H,5-6H2,1H3,(H,20,22,26). The van der Waals surface area contributed by atoms with Gasteiger partial charge in [0.05, 0.1) is 17.3 Å². The van der Waals surface area contributed by atoms with Crippen LogP contribution in [0.1, 0.15) is 11.3 Å². The first-order valence-corrected chi connectivity index (χ1v) is 8.92. The molecule has 13 heteroatoms. The van der Waals surface area contributed by atoms with Crippen LogP contribution in [0, 0.1) is 22.9 Å². The van der Waals surface area contributed by atoms with Crippen LogP contribution >= 0.6 is 27.5 Å². The van der Waals surface area contributed by atoms with Crippen molar-refractivity contribution in [2.24, 2.45) is 0 Å². The molecule has 10 nitrogen and oxygen atoms in total. The maximum absolute atomic E-state index is 13.1. The molecular weight excluding hydrogens is 461 g/mol. The lowest BCUT2D eigenvalue weighted by Crippen LogP contribution is -2.21. The molecule has 0 aliphatic carbocycles. The number of aromatic nitrogens is 5. The molecule has 0 radical (unpaired) electrons. The third-order valence-corrected chi connectivity index (χ3v) is 5.00. The number of nitrogens with zero attached hydrogens (tertiary/aromatic N) is 6. The zero-order chi connectivity index (χ0) is 20.4. The van der Waals surface area contributed by atoms with E-state index in [1.165, 1.54) is 33.9 Å². The number of halogens is 3. The van der Waals surface area contributed by atoms with Gasteiger partial charge in [-0.15, -0.1) is 5.10 Å². The molecule has 0 bridgehead atoms. The summed E-state index contributed by atoms with van der Waals surface area (Å²) in [7, 11) is 0. The smallest absolute Gasteiger partial charge is 0.358 e. The maximum atomic E-state index is 13.1. The summed E-state index contributed by atoms with van der Waals surface area (Å²) in [6.45, 7) is 1.58. The van der Waals surface area contributed by atoms with Crippen molar-refractivity contribution in [2.45, 2.75) is 20.0 Å². The first-order valence-electron chi connectivity index (χ1n) is 7.75. The lowest BCUT2D eigenvalue weighted by atomic mass is 10.2. The Balaban J connectivity index is 1.66. The fourth-order valence-corrected chi connectivity index (χ4v) is 2.99. The van der Waals surface area contributed by atoms with Crippen molar-refractivity contribution in [2.75, 3.05) is 5.32 Å². The van der Waals surface area contributed by atoms with E-state index in [4.69, 9.17) is 11.6 Å². The molecule has 3 rings (SSSR count). The second kappa shape index (κ2) is 8.02. The Morgan fingerprint density at radius 1 is 1.43 bits per heavy atom. The molecule has 0 unspecified atom stereocenters. The molecule has 1 aromatic carbocycles. The molecule has 0 spiro atoms. The average Bonchev–Trinajstić information content (AvgIpc) is 3.16.